The first kappa shape index (κ1) is 29.7. The molecule has 0 amide bonds. The lowest BCUT2D eigenvalue weighted by molar-refractivity contribution is 0.0517. The molecule has 0 bridgehead atoms. The van der Waals surface area contributed by atoms with E-state index in [9.17, 15) is 9.90 Å². The predicted octanol–water partition coefficient (Wildman–Crippen LogP) is 7.12. The molecule has 0 unspecified atom stereocenters. The Morgan fingerprint density at radius 2 is 1.69 bits per heavy atom. The van der Waals surface area contributed by atoms with Crippen LogP contribution >= 0.6 is 0 Å². The maximum absolute atomic E-state index is 12.8. The van der Waals surface area contributed by atoms with Crippen LogP contribution in [-0.2, 0) is 23.6 Å². The first-order valence-electron chi connectivity index (χ1n) is 11.9. The third kappa shape index (κ3) is 7.86. The molecule has 3 rings (SSSR count). The van der Waals surface area contributed by atoms with E-state index in [1.807, 2.05) is 37.6 Å². The van der Waals surface area contributed by atoms with Crippen LogP contribution in [0.25, 0.3) is 22.0 Å². The number of hydrogen-bond acceptors (Lipinski definition) is 4. The summed E-state index contributed by atoms with van der Waals surface area (Å²) in [6.07, 6.45) is 4.89. The van der Waals surface area contributed by atoms with Gasteiger partial charge in [0.1, 0.15) is 5.69 Å². The van der Waals surface area contributed by atoms with Crippen molar-refractivity contribution in [3.8, 4) is 11.1 Å². The Morgan fingerprint density at radius 3 is 2.14 bits per heavy atom. The molecule has 0 aliphatic carbocycles. The normalized spacial score (nSPS) is 10.9. The number of aliphatic hydroxyl groups is 2. The molecule has 5 nitrogen and oxygen atoms in total. The minimum atomic E-state index is -0.320. The monoisotopic (exact) mass is 479 g/mol. The number of aromatic nitrogens is 1. The van der Waals surface area contributed by atoms with Gasteiger partial charge >= 0.3 is 5.97 Å². The van der Waals surface area contributed by atoms with Gasteiger partial charge in [-0.2, -0.15) is 0 Å². The molecule has 0 aliphatic rings. The van der Waals surface area contributed by atoms with Crippen LogP contribution in [-0.4, -0.2) is 34.0 Å². The number of carbonyl (C=O) groups is 1. The van der Waals surface area contributed by atoms with Crippen LogP contribution < -0.4 is 0 Å². The van der Waals surface area contributed by atoms with Gasteiger partial charge < -0.3 is 19.5 Å². The maximum atomic E-state index is 12.8. The Bertz CT molecular complexity index is 1110. The molecular formula is C30H41NO4. The molecule has 0 atom stereocenters. The zero-order valence-electron chi connectivity index (χ0n) is 22.3. The second kappa shape index (κ2) is 14.2. The zero-order valence-corrected chi connectivity index (χ0v) is 22.3. The van der Waals surface area contributed by atoms with E-state index in [1.165, 1.54) is 5.56 Å². The molecule has 3 aromatic rings. The molecule has 1 heterocycles. The van der Waals surface area contributed by atoms with Gasteiger partial charge in [0.25, 0.3) is 0 Å². The van der Waals surface area contributed by atoms with Crippen molar-refractivity contribution in [3.05, 3.63) is 84.3 Å². The summed E-state index contributed by atoms with van der Waals surface area (Å²) in [5.74, 6) is -0.320. The highest BCUT2D eigenvalue weighted by Crippen LogP contribution is 2.36. The maximum Gasteiger partial charge on any atom is 0.355 e. The molecule has 0 saturated carbocycles. The van der Waals surface area contributed by atoms with Gasteiger partial charge in [-0.1, -0.05) is 63.3 Å². The van der Waals surface area contributed by atoms with Crippen LogP contribution in [0, 0.1) is 0 Å². The number of aryl methyl sites for hydroxylation is 1. The number of hydrogen-bond donors (Lipinski definition) is 2. The SMILES string of the molecule is C/C=C/O.C=CC.CCOC(=O)c1c(-c2ccc(C(C)(C)C)cc2)c2cc(CCO)ccc2n1C. The number of fused-ring (bicyclic) bond motifs is 1. The average Bonchev–Trinajstić information content (AvgIpc) is 3.11. The van der Waals surface area contributed by atoms with Gasteiger partial charge in [0.2, 0.25) is 0 Å². The van der Waals surface area contributed by atoms with Gasteiger partial charge in [-0.05, 0) is 61.4 Å². The smallest absolute Gasteiger partial charge is 0.355 e. The van der Waals surface area contributed by atoms with E-state index in [-0.39, 0.29) is 18.0 Å². The molecule has 0 saturated heterocycles. The summed E-state index contributed by atoms with van der Waals surface area (Å²) in [6, 6.07) is 14.5. The van der Waals surface area contributed by atoms with E-state index in [1.54, 1.807) is 19.1 Å². The van der Waals surface area contributed by atoms with E-state index < -0.39 is 0 Å². The van der Waals surface area contributed by atoms with Crippen molar-refractivity contribution in [1.82, 2.24) is 4.57 Å². The average molecular weight is 480 g/mol. The molecule has 2 N–H and O–H groups in total. The number of aliphatic hydroxyl groups excluding tert-OH is 2. The highest BCUT2D eigenvalue weighted by atomic mass is 16.5. The van der Waals surface area contributed by atoms with E-state index in [0.29, 0.717) is 18.7 Å². The van der Waals surface area contributed by atoms with Gasteiger partial charge in [-0.25, -0.2) is 4.79 Å². The number of allylic oxidation sites excluding steroid dienone is 2. The highest BCUT2D eigenvalue weighted by Gasteiger charge is 2.24. The molecule has 190 valence electrons. The molecule has 0 aliphatic heterocycles. The fraction of sp³-hybridized carbons (Fsp3) is 0.367. The molecule has 0 radical (unpaired) electrons. The molecule has 5 heteroatoms. The second-order valence-electron chi connectivity index (χ2n) is 9.05. The fourth-order valence-corrected chi connectivity index (χ4v) is 3.64. The van der Waals surface area contributed by atoms with Gasteiger partial charge in [-0.15, -0.1) is 6.58 Å². The first-order valence-corrected chi connectivity index (χ1v) is 11.9. The topological polar surface area (TPSA) is 71.7 Å². The van der Waals surface area contributed by atoms with Crippen LogP contribution in [0.5, 0.6) is 0 Å². The Hall–Kier alpha value is -3.31. The van der Waals surface area contributed by atoms with E-state index >= 15 is 0 Å². The van der Waals surface area contributed by atoms with Crippen LogP contribution in [0.3, 0.4) is 0 Å². The fourth-order valence-electron chi connectivity index (χ4n) is 3.64. The van der Waals surface area contributed by atoms with Crippen LogP contribution in [0.15, 0.2) is 67.5 Å². The summed E-state index contributed by atoms with van der Waals surface area (Å²) in [4.78, 5) is 12.8. The minimum Gasteiger partial charge on any atom is -0.516 e. The summed E-state index contributed by atoms with van der Waals surface area (Å²) in [5.41, 5.74) is 5.76. The predicted molar refractivity (Wildman–Crippen MR) is 147 cm³/mol. The lowest BCUT2D eigenvalue weighted by Crippen LogP contribution is -2.12. The summed E-state index contributed by atoms with van der Waals surface area (Å²) in [5, 5.41) is 18.0. The van der Waals surface area contributed by atoms with Gasteiger partial charge in [-0.3, -0.25) is 0 Å². The number of rotatable bonds is 5. The molecule has 35 heavy (non-hydrogen) atoms. The highest BCUT2D eigenvalue weighted by molar-refractivity contribution is 6.08. The quantitative estimate of drug-likeness (QED) is 0.232. The lowest BCUT2D eigenvalue weighted by atomic mass is 9.86. The van der Waals surface area contributed by atoms with Crippen molar-refractivity contribution >= 4 is 16.9 Å². The van der Waals surface area contributed by atoms with Crippen molar-refractivity contribution in [1.29, 1.82) is 0 Å². The minimum absolute atomic E-state index is 0.0650. The summed E-state index contributed by atoms with van der Waals surface area (Å²) in [7, 11) is 1.90. The van der Waals surface area contributed by atoms with Crippen molar-refractivity contribution in [2.24, 2.45) is 7.05 Å². The first-order chi connectivity index (χ1) is 16.6. The van der Waals surface area contributed by atoms with Crippen molar-refractivity contribution in [2.45, 2.75) is 53.4 Å². The van der Waals surface area contributed by atoms with Crippen molar-refractivity contribution in [2.75, 3.05) is 13.2 Å². The number of ether oxygens (including phenoxy) is 1. The van der Waals surface area contributed by atoms with Crippen molar-refractivity contribution in [3.63, 3.8) is 0 Å². The summed E-state index contributed by atoms with van der Waals surface area (Å²) in [6.45, 7) is 15.8. The number of nitrogens with zero attached hydrogens (tertiary/aromatic N) is 1. The second-order valence-corrected chi connectivity index (χ2v) is 9.05. The zero-order chi connectivity index (χ0) is 26.6. The molecule has 1 aromatic heterocycles. The largest absolute Gasteiger partial charge is 0.516 e. The molecule has 0 spiro atoms. The molecular weight excluding hydrogens is 438 g/mol. The Labute approximate surface area is 210 Å². The van der Waals surface area contributed by atoms with Crippen LogP contribution in [0.1, 0.15) is 63.2 Å². The van der Waals surface area contributed by atoms with Crippen molar-refractivity contribution < 1.29 is 19.7 Å². The number of esters is 1. The number of benzene rings is 2. The standard InChI is InChI=1S/C24H29NO3.C3H6O.C3H6/c1-6-28-23(27)22-21(17-8-10-18(11-9-17)24(2,3)4)19-15-16(13-14-26)7-12-20(19)25(22)5;1-2-3-4;1-3-2/h7-12,15,26H,6,13-14H2,1-5H3;2-4H,1H3;3H,1H2,2H3/b;3-2+;. The molecule has 0 fully saturated rings. The van der Waals surface area contributed by atoms with E-state index in [2.05, 4.69) is 57.7 Å². The van der Waals surface area contributed by atoms with Gasteiger partial charge in [0.05, 0.1) is 12.9 Å². The Balaban J connectivity index is 0.000000778. The summed E-state index contributed by atoms with van der Waals surface area (Å²) >= 11 is 0. The van der Waals surface area contributed by atoms with Gasteiger partial charge in [0.15, 0.2) is 0 Å². The Morgan fingerprint density at radius 1 is 1.11 bits per heavy atom. The summed E-state index contributed by atoms with van der Waals surface area (Å²) < 4.78 is 7.26. The number of carbonyl (C=O) groups excluding carboxylic acids is 1. The van der Waals surface area contributed by atoms with E-state index in [0.717, 1.165) is 33.9 Å². The third-order valence-electron chi connectivity index (χ3n) is 5.32. The third-order valence-corrected chi connectivity index (χ3v) is 5.32. The Kier molecular flexibility index (Phi) is 12.0. The van der Waals surface area contributed by atoms with E-state index in [4.69, 9.17) is 9.84 Å². The van der Waals surface area contributed by atoms with Crippen LogP contribution in [0.4, 0.5) is 0 Å². The lowest BCUT2D eigenvalue weighted by Gasteiger charge is -2.19. The van der Waals surface area contributed by atoms with Gasteiger partial charge in [0, 0.05) is 30.1 Å². The van der Waals surface area contributed by atoms with Crippen LogP contribution in [0.2, 0.25) is 0 Å². The molecule has 2 aromatic carbocycles.